The van der Waals surface area contributed by atoms with Gasteiger partial charge in [0, 0.05) is 19.3 Å². The molecule has 0 aliphatic heterocycles. The smallest absolute Gasteiger partial charge is 0.362 e. The molecule has 0 aliphatic carbocycles. The lowest BCUT2D eigenvalue weighted by Gasteiger charge is -2.31. The van der Waals surface area contributed by atoms with Crippen LogP contribution in [0, 0.1) is 0 Å². The lowest BCUT2D eigenvalue weighted by molar-refractivity contribution is -0.887. The van der Waals surface area contributed by atoms with E-state index in [-0.39, 0.29) is 36.2 Å². The van der Waals surface area contributed by atoms with E-state index in [0.29, 0.717) is 19.3 Å². The summed E-state index contributed by atoms with van der Waals surface area (Å²) in [4.78, 5) is 37.3. The van der Waals surface area contributed by atoms with Crippen molar-refractivity contribution < 1.29 is 38.2 Å². The minimum absolute atomic E-state index is 0.0456. The van der Waals surface area contributed by atoms with Crippen LogP contribution < -0.4 is 0 Å². The van der Waals surface area contributed by atoms with Gasteiger partial charge >= 0.3 is 17.9 Å². The van der Waals surface area contributed by atoms with Gasteiger partial charge < -0.3 is 23.8 Å². The Kier molecular flexibility index (Phi) is 49.0. The first-order chi connectivity index (χ1) is 32.6. The normalized spacial score (nSPS) is 12.8. The molecular formula is C59H114NO7+. The van der Waals surface area contributed by atoms with Crippen LogP contribution in [0.1, 0.15) is 296 Å². The van der Waals surface area contributed by atoms with Gasteiger partial charge in [-0.15, -0.1) is 0 Å². The van der Waals surface area contributed by atoms with Gasteiger partial charge in [-0.3, -0.25) is 9.59 Å². The summed E-state index contributed by atoms with van der Waals surface area (Å²) in [6.07, 6.45) is 58.5. The Morgan fingerprint density at radius 1 is 0.433 bits per heavy atom. The van der Waals surface area contributed by atoms with Crippen molar-refractivity contribution >= 4 is 17.9 Å². The van der Waals surface area contributed by atoms with Crippen molar-refractivity contribution in [3.8, 4) is 0 Å². The topological polar surface area (TPSA) is 99.1 Å². The van der Waals surface area contributed by atoms with Gasteiger partial charge in [-0.2, -0.15) is 0 Å². The van der Waals surface area contributed by atoms with Gasteiger partial charge in [0.2, 0.25) is 0 Å². The highest BCUT2D eigenvalue weighted by Gasteiger charge is 2.31. The lowest BCUT2D eigenvalue weighted by Crippen LogP contribution is -2.50. The number of esters is 2. The third-order valence-electron chi connectivity index (χ3n) is 13.7. The summed E-state index contributed by atoms with van der Waals surface area (Å²) in [7, 11) is 5.55. The van der Waals surface area contributed by atoms with Crippen molar-refractivity contribution in [2.75, 3.05) is 41.0 Å². The molecule has 0 saturated carbocycles. The monoisotopic (exact) mass is 949 g/mol. The van der Waals surface area contributed by atoms with Crippen LogP contribution in [-0.4, -0.2) is 80.6 Å². The average molecular weight is 950 g/mol. The zero-order valence-corrected chi connectivity index (χ0v) is 45.4. The molecule has 0 rings (SSSR count). The van der Waals surface area contributed by atoms with Crippen LogP contribution in [0.2, 0.25) is 0 Å². The molecule has 0 radical (unpaired) electrons. The maximum Gasteiger partial charge on any atom is 0.362 e. The van der Waals surface area contributed by atoms with E-state index in [0.717, 1.165) is 38.5 Å². The number of carbonyl (C=O) groups excluding carboxylic acids is 2. The SMILES string of the molecule is CCCCCCCCCCCCC/C=C/CCCCCCCCCC(=O)OC(COCCC(C(=O)O)[N+](C)(C)C)COC(=O)CCCCCCCCCCCCCCCCCCCCCCC. The quantitative estimate of drug-likeness (QED) is 0.0281. The van der Waals surface area contributed by atoms with Crippen molar-refractivity contribution in [1.82, 2.24) is 0 Å². The van der Waals surface area contributed by atoms with Gasteiger partial charge in [0.1, 0.15) is 6.61 Å². The van der Waals surface area contributed by atoms with Crippen molar-refractivity contribution in [3.63, 3.8) is 0 Å². The summed E-state index contributed by atoms with van der Waals surface area (Å²) in [5.74, 6) is -1.44. The van der Waals surface area contributed by atoms with Crippen molar-refractivity contribution in [2.24, 2.45) is 0 Å². The van der Waals surface area contributed by atoms with Gasteiger partial charge in [-0.1, -0.05) is 251 Å². The highest BCUT2D eigenvalue weighted by Crippen LogP contribution is 2.18. The predicted molar refractivity (Wildman–Crippen MR) is 285 cm³/mol. The molecular weight excluding hydrogens is 835 g/mol. The lowest BCUT2D eigenvalue weighted by atomic mass is 10.0. The molecule has 396 valence electrons. The largest absolute Gasteiger partial charge is 0.477 e. The van der Waals surface area contributed by atoms with Crippen LogP contribution in [0.15, 0.2) is 12.2 Å². The van der Waals surface area contributed by atoms with E-state index >= 15 is 0 Å². The molecule has 0 spiro atoms. The summed E-state index contributed by atoms with van der Waals surface area (Å²) in [6, 6.07) is -0.612. The molecule has 67 heavy (non-hydrogen) atoms. The number of quaternary nitrogens is 1. The number of nitrogens with zero attached hydrogens (tertiary/aromatic N) is 1. The number of carboxylic acids is 1. The van der Waals surface area contributed by atoms with Crippen LogP contribution in [0.3, 0.4) is 0 Å². The first-order valence-corrected chi connectivity index (χ1v) is 29.2. The molecule has 0 aromatic rings. The number of carbonyl (C=O) groups is 3. The highest BCUT2D eigenvalue weighted by atomic mass is 16.6. The van der Waals surface area contributed by atoms with E-state index in [1.807, 2.05) is 21.1 Å². The fourth-order valence-electron chi connectivity index (χ4n) is 9.15. The standard InChI is InChI=1S/C59H113NO7/c1-6-8-10-12-14-16-18-20-22-24-26-28-30-32-34-36-38-40-42-44-46-48-50-58(62)67-55(53-65-52-51-56(59(63)64)60(3,4)5)54-66-57(61)49-47-45-43-41-39-37-35-33-31-29-27-25-23-21-19-17-15-13-11-9-7-2/h30,32,55-56H,6-29,31,33-54H2,1-5H3/p+1/b32-30+. The van der Waals surface area contributed by atoms with E-state index in [2.05, 4.69) is 26.0 Å². The molecule has 0 aromatic heterocycles. The second-order valence-electron chi connectivity index (χ2n) is 21.3. The highest BCUT2D eigenvalue weighted by molar-refractivity contribution is 5.72. The minimum Gasteiger partial charge on any atom is -0.477 e. The number of aliphatic carboxylic acids is 1. The predicted octanol–water partition coefficient (Wildman–Crippen LogP) is 17.4. The number of ether oxygens (including phenoxy) is 3. The molecule has 0 bridgehead atoms. The first kappa shape index (κ1) is 65.1. The Balaban J connectivity index is 4.13. The summed E-state index contributed by atoms with van der Waals surface area (Å²) in [6.45, 7) is 4.80. The van der Waals surface area contributed by atoms with Gasteiger partial charge in [0.25, 0.3) is 0 Å². The van der Waals surface area contributed by atoms with E-state index < -0.39 is 18.1 Å². The first-order valence-electron chi connectivity index (χ1n) is 29.2. The summed E-state index contributed by atoms with van der Waals surface area (Å²) < 4.78 is 17.4. The van der Waals surface area contributed by atoms with Crippen LogP contribution in [0.4, 0.5) is 0 Å². The Labute approximate surface area is 416 Å². The van der Waals surface area contributed by atoms with Gasteiger partial charge in [-0.25, -0.2) is 4.79 Å². The fourth-order valence-corrected chi connectivity index (χ4v) is 9.15. The number of likely N-dealkylation sites (N-methyl/N-ethyl adjacent to an activating group) is 1. The fraction of sp³-hybridized carbons (Fsp3) is 0.915. The van der Waals surface area contributed by atoms with Gasteiger partial charge in [0.05, 0.1) is 34.4 Å². The zero-order valence-electron chi connectivity index (χ0n) is 45.4. The van der Waals surface area contributed by atoms with E-state index in [1.165, 1.54) is 225 Å². The molecule has 1 N–H and O–H groups in total. The van der Waals surface area contributed by atoms with Crippen LogP contribution in [0.5, 0.6) is 0 Å². The molecule has 8 heteroatoms. The van der Waals surface area contributed by atoms with Crippen molar-refractivity contribution in [2.45, 2.75) is 309 Å². The van der Waals surface area contributed by atoms with Crippen LogP contribution in [0.25, 0.3) is 0 Å². The summed E-state index contributed by atoms with van der Waals surface area (Å²) in [5.41, 5.74) is 0. The third-order valence-corrected chi connectivity index (χ3v) is 13.7. The second kappa shape index (κ2) is 50.5. The molecule has 0 amide bonds. The van der Waals surface area contributed by atoms with Crippen molar-refractivity contribution in [1.29, 1.82) is 0 Å². The number of unbranched alkanes of at least 4 members (excludes halogenated alkanes) is 38. The maximum atomic E-state index is 12.8. The van der Waals surface area contributed by atoms with Crippen LogP contribution in [-0.2, 0) is 28.6 Å². The van der Waals surface area contributed by atoms with E-state index in [4.69, 9.17) is 14.2 Å². The average Bonchev–Trinajstić information content (AvgIpc) is 3.29. The summed E-state index contributed by atoms with van der Waals surface area (Å²) >= 11 is 0. The molecule has 0 fully saturated rings. The number of carboxylic acid groups (broad SMARTS) is 1. The third kappa shape index (κ3) is 48.9. The Hall–Kier alpha value is -1.93. The Morgan fingerprint density at radius 3 is 1.07 bits per heavy atom. The second-order valence-corrected chi connectivity index (χ2v) is 21.3. The van der Waals surface area contributed by atoms with E-state index in [9.17, 15) is 19.5 Å². The zero-order chi connectivity index (χ0) is 49.2. The Morgan fingerprint density at radius 2 is 0.746 bits per heavy atom. The maximum absolute atomic E-state index is 12.8. The number of hydrogen-bond donors (Lipinski definition) is 1. The van der Waals surface area contributed by atoms with Gasteiger partial charge in [-0.05, 0) is 38.5 Å². The molecule has 0 heterocycles. The van der Waals surface area contributed by atoms with Gasteiger partial charge in [0.15, 0.2) is 12.1 Å². The minimum atomic E-state index is -0.870. The molecule has 2 atom stereocenters. The summed E-state index contributed by atoms with van der Waals surface area (Å²) in [5, 5.41) is 9.68. The van der Waals surface area contributed by atoms with E-state index in [1.54, 1.807) is 0 Å². The molecule has 0 saturated heterocycles. The van der Waals surface area contributed by atoms with Crippen molar-refractivity contribution in [3.05, 3.63) is 12.2 Å². The molecule has 0 aromatic carbocycles. The Bertz CT molecular complexity index is 1100. The molecule has 8 nitrogen and oxygen atoms in total. The van der Waals surface area contributed by atoms with Crippen LogP contribution >= 0.6 is 0 Å². The number of rotatable bonds is 54. The molecule has 0 aliphatic rings. The molecule has 2 unspecified atom stereocenters. The number of hydrogen-bond acceptors (Lipinski definition) is 6. The number of allylic oxidation sites excluding steroid dienone is 2.